The van der Waals surface area contributed by atoms with Crippen LogP contribution < -0.4 is 18.9 Å². The molecule has 0 N–H and O–H groups in total. The van der Waals surface area contributed by atoms with Crippen molar-refractivity contribution < 1.29 is 23.7 Å². The molecule has 5 nitrogen and oxygen atoms in total. The molecule has 0 fully saturated rings. The summed E-state index contributed by atoms with van der Waals surface area (Å²) >= 11 is 0. The highest BCUT2D eigenvalue weighted by Crippen LogP contribution is 2.61. The van der Waals surface area contributed by atoms with Gasteiger partial charge in [0.25, 0.3) is 0 Å². The number of hydrogen-bond donors (Lipinski definition) is 0. The second-order valence-corrected chi connectivity index (χ2v) is 9.48. The fourth-order valence-corrected chi connectivity index (χ4v) is 6.41. The molecule has 0 aromatic heterocycles. The number of carbonyl (C=O) groups is 1. The number of carbonyl (C=O) groups excluding carboxylic acids is 1. The second-order valence-electron chi connectivity index (χ2n) is 9.48. The van der Waals surface area contributed by atoms with Crippen LogP contribution in [0.25, 0.3) is 0 Å². The van der Waals surface area contributed by atoms with Gasteiger partial charge in [-0.25, -0.2) is 0 Å². The molecule has 1 aliphatic carbocycles. The van der Waals surface area contributed by atoms with E-state index in [9.17, 15) is 4.79 Å². The van der Waals surface area contributed by atoms with Crippen LogP contribution in [0.2, 0.25) is 0 Å². The Balaban J connectivity index is 1.78. The molecule has 2 atom stereocenters. The third kappa shape index (κ3) is 3.13. The van der Waals surface area contributed by atoms with Crippen LogP contribution in [0.1, 0.15) is 51.0 Å². The monoisotopic (exact) mass is 492 g/mol. The van der Waals surface area contributed by atoms with E-state index >= 15 is 0 Å². The lowest BCUT2D eigenvalue weighted by atomic mass is 9.53. The third-order valence-corrected chi connectivity index (χ3v) is 7.82. The highest BCUT2D eigenvalue weighted by molar-refractivity contribution is 6.13. The molecule has 1 spiro atoms. The fourth-order valence-electron chi connectivity index (χ4n) is 6.41. The normalized spacial score (nSPS) is 18.8. The Labute approximate surface area is 216 Å². The quantitative estimate of drug-likeness (QED) is 0.342. The Morgan fingerprint density at radius 2 is 1.27 bits per heavy atom. The maximum Gasteiger partial charge on any atom is 0.193 e. The minimum Gasteiger partial charge on any atom is -0.493 e. The van der Waals surface area contributed by atoms with Crippen LogP contribution in [-0.4, -0.2) is 33.2 Å². The Morgan fingerprint density at radius 3 is 1.89 bits per heavy atom. The highest BCUT2D eigenvalue weighted by Gasteiger charge is 2.56. The van der Waals surface area contributed by atoms with E-state index in [2.05, 4.69) is 31.2 Å². The molecule has 1 aliphatic heterocycles. The van der Waals surface area contributed by atoms with Crippen LogP contribution in [0.3, 0.4) is 0 Å². The van der Waals surface area contributed by atoms with Gasteiger partial charge >= 0.3 is 0 Å². The zero-order valence-corrected chi connectivity index (χ0v) is 21.3. The summed E-state index contributed by atoms with van der Waals surface area (Å²) in [5, 5.41) is 0. The molecule has 0 saturated carbocycles. The van der Waals surface area contributed by atoms with E-state index in [1.54, 1.807) is 21.3 Å². The molecule has 4 aromatic rings. The van der Waals surface area contributed by atoms with Gasteiger partial charge < -0.3 is 18.9 Å². The maximum atomic E-state index is 13.8. The Morgan fingerprint density at radius 1 is 0.676 bits per heavy atom. The zero-order chi connectivity index (χ0) is 25.7. The number of rotatable bonds is 4. The number of methoxy groups -OCH3 is 3. The van der Waals surface area contributed by atoms with Gasteiger partial charge in [0, 0.05) is 22.6 Å². The summed E-state index contributed by atoms with van der Waals surface area (Å²) in [5.74, 6) is 2.52. The number of ketones is 1. The SMILES string of the molecule is COc1ccc([C@H]2[C@H](C)Oc3c(OC)cccc3C23c2ccccc2C(=O)c2ccccc23)cc1OC. The van der Waals surface area contributed by atoms with E-state index in [-0.39, 0.29) is 17.8 Å². The fraction of sp³-hybridized carbons (Fsp3) is 0.219. The van der Waals surface area contributed by atoms with E-state index in [1.807, 2.05) is 60.7 Å². The van der Waals surface area contributed by atoms with Gasteiger partial charge in [0.1, 0.15) is 6.10 Å². The standard InChI is InChI=1S/C32H28O5/c1-19-29(20-16-17-26(34-2)28(18-20)36-4)32(25-14-9-15-27(35-3)31(25)37-19)23-12-7-5-10-21(23)30(33)22-11-6-8-13-24(22)32/h5-19,29H,1-4H3/t19-,29+/m0/s1. The average Bonchev–Trinajstić information content (AvgIpc) is 2.95. The van der Waals surface area contributed by atoms with E-state index in [0.29, 0.717) is 34.1 Å². The lowest BCUT2D eigenvalue weighted by Crippen LogP contribution is -2.50. The second kappa shape index (κ2) is 8.70. The molecule has 2 aliphatic rings. The minimum absolute atomic E-state index is 0.0338. The van der Waals surface area contributed by atoms with Crippen molar-refractivity contribution in [2.45, 2.75) is 24.4 Å². The number of ether oxygens (including phenoxy) is 4. The molecule has 1 heterocycles. The Hall–Kier alpha value is -4.25. The first-order chi connectivity index (χ1) is 18.1. The summed E-state index contributed by atoms with van der Waals surface area (Å²) < 4.78 is 23.7. The van der Waals surface area contributed by atoms with Gasteiger partial charge in [-0.05, 0) is 41.8 Å². The molecule has 0 amide bonds. The summed E-state index contributed by atoms with van der Waals surface area (Å²) in [5.41, 5.74) is 4.60. The number of hydrogen-bond acceptors (Lipinski definition) is 5. The van der Waals surface area contributed by atoms with Gasteiger partial charge in [0.2, 0.25) is 0 Å². The molecule has 5 heteroatoms. The summed E-state index contributed by atoms with van der Waals surface area (Å²) in [6.07, 6.45) is -0.267. The van der Waals surface area contributed by atoms with Crippen LogP contribution in [0.5, 0.6) is 23.0 Å². The first-order valence-electron chi connectivity index (χ1n) is 12.4. The number of para-hydroxylation sites is 1. The van der Waals surface area contributed by atoms with Crippen molar-refractivity contribution in [1.82, 2.24) is 0 Å². The van der Waals surface area contributed by atoms with E-state index in [1.165, 1.54) is 0 Å². The molecular weight excluding hydrogens is 464 g/mol. The highest BCUT2D eigenvalue weighted by atomic mass is 16.5. The van der Waals surface area contributed by atoms with Crippen LogP contribution in [0.15, 0.2) is 84.9 Å². The van der Waals surface area contributed by atoms with Crippen molar-refractivity contribution in [3.63, 3.8) is 0 Å². The predicted molar refractivity (Wildman–Crippen MR) is 142 cm³/mol. The van der Waals surface area contributed by atoms with E-state index < -0.39 is 5.41 Å². The molecular formula is C32H28O5. The number of fused-ring (bicyclic) bond motifs is 6. The summed E-state index contributed by atoms with van der Waals surface area (Å²) in [4.78, 5) is 13.8. The van der Waals surface area contributed by atoms with Gasteiger partial charge in [-0.3, -0.25) is 4.79 Å². The van der Waals surface area contributed by atoms with Crippen LogP contribution >= 0.6 is 0 Å². The Bertz CT molecular complexity index is 1470. The van der Waals surface area contributed by atoms with Crippen molar-refractivity contribution in [3.05, 3.63) is 118 Å². The molecule has 6 rings (SSSR count). The van der Waals surface area contributed by atoms with Crippen LogP contribution in [0, 0.1) is 0 Å². The Kier molecular flexibility index (Phi) is 5.45. The average molecular weight is 493 g/mol. The van der Waals surface area contributed by atoms with Crippen molar-refractivity contribution in [3.8, 4) is 23.0 Å². The molecule has 0 radical (unpaired) electrons. The summed E-state index contributed by atoms with van der Waals surface area (Å²) in [6.45, 7) is 2.08. The molecule has 4 aromatic carbocycles. The van der Waals surface area contributed by atoms with Crippen molar-refractivity contribution in [2.75, 3.05) is 21.3 Å². The van der Waals surface area contributed by atoms with Gasteiger partial charge in [-0.15, -0.1) is 0 Å². The van der Waals surface area contributed by atoms with Crippen molar-refractivity contribution >= 4 is 5.78 Å². The molecule has 0 saturated heterocycles. The van der Waals surface area contributed by atoms with Gasteiger partial charge in [0.05, 0.1) is 26.7 Å². The first kappa shape index (κ1) is 23.2. The van der Waals surface area contributed by atoms with E-state index in [4.69, 9.17) is 18.9 Å². The first-order valence-corrected chi connectivity index (χ1v) is 12.4. The lowest BCUT2D eigenvalue weighted by molar-refractivity contribution is 0.100. The topological polar surface area (TPSA) is 54.0 Å². The van der Waals surface area contributed by atoms with Gasteiger partial charge in [-0.1, -0.05) is 66.7 Å². The molecule has 186 valence electrons. The zero-order valence-electron chi connectivity index (χ0n) is 21.3. The van der Waals surface area contributed by atoms with Crippen LogP contribution in [-0.2, 0) is 5.41 Å². The maximum absolute atomic E-state index is 13.8. The van der Waals surface area contributed by atoms with Gasteiger partial charge in [-0.2, -0.15) is 0 Å². The smallest absolute Gasteiger partial charge is 0.193 e. The summed E-state index contributed by atoms with van der Waals surface area (Å²) in [6, 6.07) is 27.9. The predicted octanol–water partition coefficient (Wildman–Crippen LogP) is 6.16. The minimum atomic E-state index is -0.720. The van der Waals surface area contributed by atoms with Crippen molar-refractivity contribution in [1.29, 1.82) is 0 Å². The third-order valence-electron chi connectivity index (χ3n) is 7.82. The molecule has 0 unspecified atom stereocenters. The molecule has 37 heavy (non-hydrogen) atoms. The molecule has 0 bridgehead atoms. The van der Waals surface area contributed by atoms with Crippen LogP contribution in [0.4, 0.5) is 0 Å². The number of benzene rings is 4. The lowest BCUT2D eigenvalue weighted by Gasteiger charge is -2.51. The summed E-state index contributed by atoms with van der Waals surface area (Å²) in [7, 11) is 4.93. The largest absolute Gasteiger partial charge is 0.493 e. The van der Waals surface area contributed by atoms with Gasteiger partial charge in [0.15, 0.2) is 28.8 Å². The van der Waals surface area contributed by atoms with Crippen molar-refractivity contribution in [2.24, 2.45) is 0 Å². The van der Waals surface area contributed by atoms with E-state index in [0.717, 1.165) is 22.3 Å².